The summed E-state index contributed by atoms with van der Waals surface area (Å²) in [5.41, 5.74) is -0.0890. The molecule has 0 saturated carbocycles. The molecule has 1 aromatic rings. The number of ether oxygens (including phenoxy) is 1. The number of aromatic hydroxyl groups is 1. The summed E-state index contributed by atoms with van der Waals surface area (Å²) in [5, 5.41) is 24.3. The highest BCUT2D eigenvalue weighted by atomic mass is 16.6. The Balaban J connectivity index is 1.89. The second-order valence-electron chi connectivity index (χ2n) is 8.11. The maximum Gasteiger partial charge on any atom is 0.412 e. The SMILES string of the molecule is CC(C)(C)OC(=O)Nc1cc(O)cc(C(=O)NCC2CCN(CCO)CC2)c1. The van der Waals surface area contributed by atoms with Gasteiger partial charge in [-0.1, -0.05) is 0 Å². The van der Waals surface area contributed by atoms with E-state index in [0.29, 0.717) is 19.0 Å². The van der Waals surface area contributed by atoms with Crippen LogP contribution >= 0.6 is 0 Å². The van der Waals surface area contributed by atoms with Crippen molar-refractivity contribution in [3.63, 3.8) is 0 Å². The highest BCUT2D eigenvalue weighted by molar-refractivity contribution is 5.96. The van der Waals surface area contributed by atoms with E-state index in [4.69, 9.17) is 9.84 Å². The summed E-state index contributed by atoms with van der Waals surface area (Å²) < 4.78 is 5.18. The lowest BCUT2D eigenvalue weighted by molar-refractivity contribution is 0.0635. The number of aliphatic hydroxyl groups excluding tert-OH is 1. The first kappa shape index (κ1) is 22.0. The first-order valence-corrected chi connectivity index (χ1v) is 9.62. The minimum absolute atomic E-state index is 0.115. The van der Waals surface area contributed by atoms with Gasteiger partial charge in [0.1, 0.15) is 11.4 Å². The van der Waals surface area contributed by atoms with Gasteiger partial charge in [0.2, 0.25) is 0 Å². The lowest BCUT2D eigenvalue weighted by atomic mass is 9.96. The molecule has 0 aromatic heterocycles. The van der Waals surface area contributed by atoms with Gasteiger partial charge < -0.3 is 25.2 Å². The maximum atomic E-state index is 12.5. The fraction of sp³-hybridized carbons (Fsp3) is 0.600. The van der Waals surface area contributed by atoms with E-state index in [0.717, 1.165) is 25.9 Å². The van der Waals surface area contributed by atoms with Gasteiger partial charge in [0.25, 0.3) is 5.91 Å². The quantitative estimate of drug-likeness (QED) is 0.589. The van der Waals surface area contributed by atoms with Crippen LogP contribution in [0.25, 0.3) is 0 Å². The van der Waals surface area contributed by atoms with Crippen LogP contribution in [0.2, 0.25) is 0 Å². The molecule has 1 aliphatic rings. The van der Waals surface area contributed by atoms with E-state index in [9.17, 15) is 14.7 Å². The normalized spacial score (nSPS) is 15.9. The Kier molecular flexibility index (Phi) is 7.65. The molecule has 1 saturated heterocycles. The van der Waals surface area contributed by atoms with Crippen LogP contribution in [0.5, 0.6) is 5.75 Å². The van der Waals surface area contributed by atoms with Gasteiger partial charge >= 0.3 is 6.09 Å². The van der Waals surface area contributed by atoms with E-state index in [2.05, 4.69) is 15.5 Å². The van der Waals surface area contributed by atoms with Gasteiger partial charge in [0, 0.05) is 30.4 Å². The number of carbonyl (C=O) groups is 2. The van der Waals surface area contributed by atoms with Crippen molar-refractivity contribution in [2.75, 3.05) is 38.1 Å². The van der Waals surface area contributed by atoms with Crippen LogP contribution in [0.3, 0.4) is 0 Å². The first-order chi connectivity index (χ1) is 13.2. The van der Waals surface area contributed by atoms with Crippen molar-refractivity contribution in [2.45, 2.75) is 39.2 Å². The molecule has 1 heterocycles. The van der Waals surface area contributed by atoms with Crippen molar-refractivity contribution in [3.05, 3.63) is 23.8 Å². The van der Waals surface area contributed by atoms with E-state index >= 15 is 0 Å². The van der Waals surface area contributed by atoms with E-state index in [-0.39, 0.29) is 29.5 Å². The Hall–Kier alpha value is -2.32. The molecule has 4 N–H and O–H groups in total. The molecule has 0 atom stereocenters. The molecule has 2 rings (SSSR count). The van der Waals surface area contributed by atoms with Crippen LogP contribution in [0.4, 0.5) is 10.5 Å². The summed E-state index contributed by atoms with van der Waals surface area (Å²) in [7, 11) is 0. The third-order valence-electron chi connectivity index (χ3n) is 4.50. The Morgan fingerprint density at radius 1 is 1.21 bits per heavy atom. The molecule has 1 aromatic carbocycles. The Labute approximate surface area is 165 Å². The maximum absolute atomic E-state index is 12.5. The first-order valence-electron chi connectivity index (χ1n) is 9.62. The summed E-state index contributed by atoms with van der Waals surface area (Å²) in [6.07, 6.45) is 1.27. The highest BCUT2D eigenvalue weighted by Crippen LogP contribution is 2.21. The second kappa shape index (κ2) is 9.75. The number of phenolic OH excluding ortho intramolecular Hbond substituents is 1. The average Bonchev–Trinajstić information content (AvgIpc) is 2.59. The predicted molar refractivity (Wildman–Crippen MR) is 107 cm³/mol. The minimum atomic E-state index is -0.654. The van der Waals surface area contributed by atoms with Gasteiger partial charge in [-0.3, -0.25) is 10.1 Å². The molecule has 0 radical (unpaired) electrons. The smallest absolute Gasteiger partial charge is 0.412 e. The summed E-state index contributed by atoms with van der Waals surface area (Å²) in [5.74, 6) is -0.0347. The van der Waals surface area contributed by atoms with Gasteiger partial charge in [-0.15, -0.1) is 0 Å². The van der Waals surface area contributed by atoms with Gasteiger partial charge in [0.15, 0.2) is 0 Å². The number of nitrogens with one attached hydrogen (secondary N) is 2. The van der Waals surface area contributed by atoms with Crippen molar-refractivity contribution in [3.8, 4) is 5.75 Å². The topological polar surface area (TPSA) is 111 Å². The molecule has 8 nitrogen and oxygen atoms in total. The van der Waals surface area contributed by atoms with Crippen molar-refractivity contribution in [2.24, 2.45) is 5.92 Å². The number of piperidine rings is 1. The van der Waals surface area contributed by atoms with Gasteiger partial charge in [-0.2, -0.15) is 0 Å². The van der Waals surface area contributed by atoms with E-state index < -0.39 is 11.7 Å². The molecular formula is C20H31N3O5. The third-order valence-corrected chi connectivity index (χ3v) is 4.50. The van der Waals surface area contributed by atoms with Gasteiger partial charge in [-0.05, 0) is 64.8 Å². The molecule has 1 aliphatic heterocycles. The molecule has 8 heteroatoms. The number of carbonyl (C=O) groups excluding carboxylic acids is 2. The number of β-amino-alcohol motifs (C(OH)–C–C–N with tert-alkyl or cyclic N) is 1. The van der Waals surface area contributed by atoms with E-state index in [1.807, 2.05) is 0 Å². The summed E-state index contributed by atoms with van der Waals surface area (Å²) in [6.45, 7) is 8.49. The van der Waals surface area contributed by atoms with Crippen LogP contribution in [0.15, 0.2) is 18.2 Å². The van der Waals surface area contributed by atoms with Crippen molar-refractivity contribution < 1.29 is 24.5 Å². The molecule has 28 heavy (non-hydrogen) atoms. The van der Waals surface area contributed by atoms with E-state index in [1.54, 1.807) is 20.8 Å². The monoisotopic (exact) mass is 393 g/mol. The summed E-state index contributed by atoms with van der Waals surface area (Å²) >= 11 is 0. The Morgan fingerprint density at radius 2 is 1.89 bits per heavy atom. The molecular weight excluding hydrogens is 362 g/mol. The molecule has 0 spiro atoms. The minimum Gasteiger partial charge on any atom is -0.508 e. The number of hydrogen-bond donors (Lipinski definition) is 4. The number of nitrogens with zero attached hydrogens (tertiary/aromatic N) is 1. The van der Waals surface area contributed by atoms with Crippen LogP contribution in [0, 0.1) is 5.92 Å². The fourth-order valence-corrected chi connectivity index (χ4v) is 3.13. The molecule has 2 amide bonds. The number of phenols is 1. The van der Waals surface area contributed by atoms with Crippen LogP contribution < -0.4 is 10.6 Å². The van der Waals surface area contributed by atoms with Crippen LogP contribution in [0.1, 0.15) is 44.0 Å². The zero-order valence-electron chi connectivity index (χ0n) is 16.8. The Morgan fingerprint density at radius 3 is 2.50 bits per heavy atom. The third kappa shape index (κ3) is 7.36. The van der Waals surface area contributed by atoms with Crippen molar-refractivity contribution in [1.29, 1.82) is 0 Å². The number of rotatable bonds is 6. The molecule has 0 aliphatic carbocycles. The average molecular weight is 393 g/mol. The van der Waals surface area contributed by atoms with Gasteiger partial charge in [0.05, 0.1) is 6.61 Å². The second-order valence-corrected chi connectivity index (χ2v) is 8.11. The number of likely N-dealkylation sites (tertiary alicyclic amines) is 1. The van der Waals surface area contributed by atoms with Gasteiger partial charge in [-0.25, -0.2) is 4.79 Å². The molecule has 156 valence electrons. The number of aliphatic hydroxyl groups is 1. The van der Waals surface area contributed by atoms with Crippen molar-refractivity contribution in [1.82, 2.24) is 10.2 Å². The summed E-state index contributed by atoms with van der Waals surface area (Å²) in [4.78, 5) is 26.6. The molecule has 0 unspecified atom stereocenters. The number of anilines is 1. The summed E-state index contributed by atoms with van der Waals surface area (Å²) in [6, 6.07) is 4.22. The van der Waals surface area contributed by atoms with Crippen LogP contribution in [-0.4, -0.2) is 65.5 Å². The number of amides is 2. The largest absolute Gasteiger partial charge is 0.508 e. The van der Waals surface area contributed by atoms with Crippen LogP contribution in [-0.2, 0) is 4.74 Å². The number of benzene rings is 1. The van der Waals surface area contributed by atoms with Crippen molar-refractivity contribution >= 4 is 17.7 Å². The number of hydrogen-bond acceptors (Lipinski definition) is 6. The Bertz CT molecular complexity index is 679. The fourth-order valence-electron chi connectivity index (χ4n) is 3.13. The zero-order valence-corrected chi connectivity index (χ0v) is 16.8. The lowest BCUT2D eigenvalue weighted by Crippen LogP contribution is -2.39. The lowest BCUT2D eigenvalue weighted by Gasteiger charge is -2.31. The highest BCUT2D eigenvalue weighted by Gasteiger charge is 2.20. The molecule has 1 fully saturated rings. The van der Waals surface area contributed by atoms with E-state index in [1.165, 1.54) is 18.2 Å². The molecule has 0 bridgehead atoms. The zero-order chi connectivity index (χ0) is 20.7. The standard InChI is InChI=1S/C20H31N3O5/c1-20(2,3)28-19(27)22-16-10-15(11-17(25)12-16)18(26)21-13-14-4-6-23(7-5-14)8-9-24/h10-12,14,24-25H,4-9,13H2,1-3H3,(H,21,26)(H,22,27). The predicted octanol–water partition coefficient (Wildman–Crippen LogP) is 2.17.